The molecule has 0 bridgehead atoms. The second-order valence-corrected chi connectivity index (χ2v) is 6.04. The molecule has 1 unspecified atom stereocenters. The summed E-state index contributed by atoms with van der Waals surface area (Å²) in [5, 5.41) is 3.47. The zero-order chi connectivity index (χ0) is 14.5. The molecule has 1 aromatic carbocycles. The molecule has 5 heteroatoms. The topological polar surface area (TPSA) is 27.7 Å². The first-order chi connectivity index (χ1) is 10.3. The van der Waals surface area contributed by atoms with Crippen LogP contribution < -0.4 is 10.1 Å². The van der Waals surface area contributed by atoms with Crippen molar-refractivity contribution < 1.29 is 4.74 Å². The number of nitrogens with zero attached hydrogens (tertiary/aromatic N) is 2. The molecule has 1 aromatic rings. The van der Waals surface area contributed by atoms with Crippen LogP contribution in [0.25, 0.3) is 0 Å². The van der Waals surface area contributed by atoms with Gasteiger partial charge in [-0.25, -0.2) is 0 Å². The third-order valence-electron chi connectivity index (χ3n) is 4.57. The monoisotopic (exact) mass is 325 g/mol. The average Bonchev–Trinajstić information content (AvgIpc) is 3.03. The summed E-state index contributed by atoms with van der Waals surface area (Å²) >= 11 is 0. The van der Waals surface area contributed by atoms with E-state index in [2.05, 4.69) is 33.3 Å². The molecule has 124 valence electrons. The Balaban J connectivity index is 0.00000176. The van der Waals surface area contributed by atoms with Gasteiger partial charge in [-0.15, -0.1) is 12.4 Å². The molecular formula is C17H28ClN3O. The smallest absolute Gasteiger partial charge is 0.119 e. The Morgan fingerprint density at radius 2 is 2.05 bits per heavy atom. The fourth-order valence-electron chi connectivity index (χ4n) is 3.40. The Hall–Kier alpha value is -0.810. The van der Waals surface area contributed by atoms with Gasteiger partial charge in [-0.2, -0.15) is 0 Å². The summed E-state index contributed by atoms with van der Waals surface area (Å²) in [7, 11) is 0. The molecule has 0 aliphatic carbocycles. The van der Waals surface area contributed by atoms with Gasteiger partial charge in [0.05, 0.1) is 6.61 Å². The summed E-state index contributed by atoms with van der Waals surface area (Å²) in [6, 6.07) is 9.29. The van der Waals surface area contributed by atoms with Crippen LogP contribution in [0.1, 0.15) is 18.9 Å². The molecule has 1 atom stereocenters. The maximum Gasteiger partial charge on any atom is 0.119 e. The minimum Gasteiger partial charge on any atom is -0.494 e. The van der Waals surface area contributed by atoms with Gasteiger partial charge < -0.3 is 10.1 Å². The predicted octanol–water partition coefficient (Wildman–Crippen LogP) is 1.99. The summed E-state index contributed by atoms with van der Waals surface area (Å²) in [5.74, 6) is 0.991. The van der Waals surface area contributed by atoms with Crippen molar-refractivity contribution in [3.05, 3.63) is 29.8 Å². The van der Waals surface area contributed by atoms with Gasteiger partial charge in [0.1, 0.15) is 5.75 Å². The second kappa shape index (κ2) is 8.73. The second-order valence-electron chi connectivity index (χ2n) is 6.04. The largest absolute Gasteiger partial charge is 0.494 e. The summed E-state index contributed by atoms with van der Waals surface area (Å²) in [6.07, 6.45) is 1.32. The first kappa shape index (κ1) is 17.5. The molecular weight excluding hydrogens is 298 g/mol. The van der Waals surface area contributed by atoms with Gasteiger partial charge in [0.15, 0.2) is 0 Å². The summed E-state index contributed by atoms with van der Waals surface area (Å²) in [5.41, 5.74) is 1.36. The van der Waals surface area contributed by atoms with Gasteiger partial charge in [0.2, 0.25) is 0 Å². The van der Waals surface area contributed by atoms with Crippen LogP contribution in [0.3, 0.4) is 0 Å². The molecule has 2 aliphatic rings. The van der Waals surface area contributed by atoms with Crippen molar-refractivity contribution >= 4 is 12.4 Å². The minimum absolute atomic E-state index is 0. The van der Waals surface area contributed by atoms with E-state index in [1.54, 1.807) is 0 Å². The molecule has 22 heavy (non-hydrogen) atoms. The SMILES string of the molecule is CCOc1cccc(CN2CCN(C3CCNC3)CC2)c1.Cl. The maximum atomic E-state index is 5.59. The highest BCUT2D eigenvalue weighted by Crippen LogP contribution is 2.17. The van der Waals surface area contributed by atoms with Crippen LogP contribution in [0, 0.1) is 0 Å². The number of halogens is 1. The van der Waals surface area contributed by atoms with E-state index < -0.39 is 0 Å². The molecule has 0 aromatic heterocycles. The predicted molar refractivity (Wildman–Crippen MR) is 93.0 cm³/mol. The first-order valence-corrected chi connectivity index (χ1v) is 8.24. The Morgan fingerprint density at radius 1 is 1.23 bits per heavy atom. The number of ether oxygens (including phenoxy) is 1. The van der Waals surface area contributed by atoms with Crippen molar-refractivity contribution in [3.63, 3.8) is 0 Å². The normalized spacial score (nSPS) is 23.2. The number of hydrogen-bond acceptors (Lipinski definition) is 4. The van der Waals surface area contributed by atoms with Crippen LogP contribution in [0.5, 0.6) is 5.75 Å². The van der Waals surface area contributed by atoms with Gasteiger partial charge in [0.25, 0.3) is 0 Å². The maximum absolute atomic E-state index is 5.59. The summed E-state index contributed by atoms with van der Waals surface area (Å²) in [4.78, 5) is 5.22. The fourth-order valence-corrected chi connectivity index (χ4v) is 3.40. The van der Waals surface area contributed by atoms with Crippen molar-refractivity contribution in [2.75, 3.05) is 45.9 Å². The lowest BCUT2D eigenvalue weighted by Gasteiger charge is -2.37. The van der Waals surface area contributed by atoms with Crippen LogP contribution in [0.15, 0.2) is 24.3 Å². The Bertz CT molecular complexity index is 443. The summed E-state index contributed by atoms with van der Waals surface area (Å²) < 4.78 is 5.59. The summed E-state index contributed by atoms with van der Waals surface area (Å²) in [6.45, 7) is 10.9. The molecule has 0 saturated carbocycles. The zero-order valence-electron chi connectivity index (χ0n) is 13.5. The Morgan fingerprint density at radius 3 is 2.73 bits per heavy atom. The molecule has 2 fully saturated rings. The highest BCUT2D eigenvalue weighted by Gasteiger charge is 2.25. The lowest BCUT2D eigenvalue weighted by Crippen LogP contribution is -2.50. The van der Waals surface area contributed by atoms with E-state index in [0.717, 1.165) is 24.9 Å². The van der Waals surface area contributed by atoms with E-state index in [-0.39, 0.29) is 12.4 Å². The van der Waals surface area contributed by atoms with Crippen molar-refractivity contribution in [1.29, 1.82) is 0 Å². The number of nitrogens with one attached hydrogen (secondary N) is 1. The van der Waals surface area contributed by atoms with Crippen LogP contribution >= 0.6 is 12.4 Å². The third-order valence-corrected chi connectivity index (χ3v) is 4.57. The van der Waals surface area contributed by atoms with Crippen LogP contribution in [-0.2, 0) is 6.54 Å². The van der Waals surface area contributed by atoms with Crippen molar-refractivity contribution in [1.82, 2.24) is 15.1 Å². The zero-order valence-corrected chi connectivity index (χ0v) is 14.3. The highest BCUT2D eigenvalue weighted by molar-refractivity contribution is 5.85. The molecule has 2 saturated heterocycles. The van der Waals surface area contributed by atoms with Crippen LogP contribution in [0.2, 0.25) is 0 Å². The van der Waals surface area contributed by atoms with E-state index in [4.69, 9.17) is 4.74 Å². The lowest BCUT2D eigenvalue weighted by molar-refractivity contribution is 0.0981. The number of piperazine rings is 1. The molecule has 2 aliphatic heterocycles. The molecule has 2 heterocycles. The molecule has 4 nitrogen and oxygen atoms in total. The van der Waals surface area contributed by atoms with E-state index in [9.17, 15) is 0 Å². The molecule has 3 rings (SSSR count). The van der Waals surface area contributed by atoms with Gasteiger partial charge in [0, 0.05) is 45.3 Å². The van der Waals surface area contributed by atoms with Gasteiger partial charge in [-0.05, 0) is 37.6 Å². The van der Waals surface area contributed by atoms with E-state index >= 15 is 0 Å². The van der Waals surface area contributed by atoms with Crippen molar-refractivity contribution in [2.24, 2.45) is 0 Å². The van der Waals surface area contributed by atoms with E-state index in [1.165, 1.54) is 51.3 Å². The van der Waals surface area contributed by atoms with Gasteiger partial charge in [-0.3, -0.25) is 9.80 Å². The molecule has 0 radical (unpaired) electrons. The van der Waals surface area contributed by atoms with Crippen LogP contribution in [-0.4, -0.2) is 61.7 Å². The quantitative estimate of drug-likeness (QED) is 0.896. The molecule has 0 amide bonds. The van der Waals surface area contributed by atoms with E-state index in [0.29, 0.717) is 0 Å². The third kappa shape index (κ3) is 4.59. The Labute approximate surface area is 140 Å². The van der Waals surface area contributed by atoms with Gasteiger partial charge in [-0.1, -0.05) is 12.1 Å². The van der Waals surface area contributed by atoms with Gasteiger partial charge >= 0.3 is 0 Å². The number of benzene rings is 1. The Kier molecular flexibility index (Phi) is 6.96. The van der Waals surface area contributed by atoms with Crippen LogP contribution in [0.4, 0.5) is 0 Å². The van der Waals surface area contributed by atoms with E-state index in [1.807, 2.05) is 13.0 Å². The fraction of sp³-hybridized carbons (Fsp3) is 0.647. The lowest BCUT2D eigenvalue weighted by atomic mass is 10.1. The standard InChI is InChI=1S/C17H27N3O.ClH/c1-2-21-17-5-3-4-15(12-17)14-19-8-10-20(11-9-19)16-6-7-18-13-16;/h3-5,12,16,18H,2,6-11,13-14H2,1H3;1H. The number of hydrogen-bond donors (Lipinski definition) is 1. The molecule has 1 N–H and O–H groups in total. The number of rotatable bonds is 5. The van der Waals surface area contributed by atoms with Crippen molar-refractivity contribution in [3.8, 4) is 5.75 Å². The molecule has 0 spiro atoms. The minimum atomic E-state index is 0. The first-order valence-electron chi connectivity index (χ1n) is 8.24. The average molecular weight is 326 g/mol. The van der Waals surface area contributed by atoms with Crippen molar-refractivity contribution in [2.45, 2.75) is 25.9 Å². The highest BCUT2D eigenvalue weighted by atomic mass is 35.5.